The van der Waals surface area contributed by atoms with Crippen LogP contribution in [0.25, 0.3) is 0 Å². The number of nitrogens with one attached hydrogen (secondary N) is 2. The summed E-state index contributed by atoms with van der Waals surface area (Å²) in [5.41, 5.74) is 1.80. The molecule has 146 valence electrons. The van der Waals surface area contributed by atoms with E-state index in [9.17, 15) is 18.0 Å². The minimum Gasteiger partial charge on any atom is -0.350 e. The van der Waals surface area contributed by atoms with Crippen molar-refractivity contribution >= 4 is 15.9 Å². The predicted molar refractivity (Wildman–Crippen MR) is 99.2 cm³/mol. The van der Waals surface area contributed by atoms with Crippen LogP contribution in [0.2, 0.25) is 0 Å². The summed E-state index contributed by atoms with van der Waals surface area (Å²) in [6.07, 6.45) is 1.85. The quantitative estimate of drug-likeness (QED) is 0.714. The fourth-order valence-electron chi connectivity index (χ4n) is 3.48. The average Bonchev–Trinajstić information content (AvgIpc) is 2.92. The summed E-state index contributed by atoms with van der Waals surface area (Å²) in [5.74, 6) is -0.467. The summed E-state index contributed by atoms with van der Waals surface area (Å²) in [4.78, 5) is 24.9. The minimum absolute atomic E-state index is 0.0595. The van der Waals surface area contributed by atoms with Gasteiger partial charge in [0.2, 0.25) is 15.9 Å². The normalized spacial score (nSPS) is 18.2. The molecule has 2 N–H and O–H groups in total. The summed E-state index contributed by atoms with van der Waals surface area (Å²) < 4.78 is 25.7. The Labute approximate surface area is 154 Å². The van der Waals surface area contributed by atoms with Crippen LogP contribution < -0.4 is 10.9 Å². The van der Waals surface area contributed by atoms with Gasteiger partial charge < -0.3 is 5.32 Å². The van der Waals surface area contributed by atoms with E-state index in [1.54, 1.807) is 0 Å². The molecule has 1 amide bonds. The number of aryl methyl sites for hydroxylation is 1. The monoisotopic (exact) mass is 384 g/mol. The van der Waals surface area contributed by atoms with E-state index in [1.807, 2.05) is 27.7 Å². The van der Waals surface area contributed by atoms with Gasteiger partial charge >= 0.3 is 0 Å². The topological polar surface area (TPSA) is 112 Å². The number of nitrogens with zero attached hydrogens (tertiary/aromatic N) is 2. The number of hydrogen-bond donors (Lipinski definition) is 2. The Bertz CT molecular complexity index is 817. The molecule has 0 bridgehead atoms. The van der Waals surface area contributed by atoms with Crippen LogP contribution in [0.1, 0.15) is 50.9 Å². The van der Waals surface area contributed by atoms with Gasteiger partial charge in [0, 0.05) is 18.7 Å². The van der Waals surface area contributed by atoms with Gasteiger partial charge in [0.15, 0.2) is 0 Å². The Morgan fingerprint density at radius 1 is 1.27 bits per heavy atom. The molecule has 0 unspecified atom stereocenters. The zero-order valence-corrected chi connectivity index (χ0v) is 16.6. The van der Waals surface area contributed by atoms with Crippen LogP contribution in [-0.2, 0) is 34.2 Å². The van der Waals surface area contributed by atoms with Crippen LogP contribution in [0.15, 0.2) is 4.79 Å². The Balaban J connectivity index is 2.23. The van der Waals surface area contributed by atoms with Gasteiger partial charge in [-0.25, -0.2) is 13.5 Å². The smallest absolute Gasteiger partial charge is 0.269 e. The van der Waals surface area contributed by atoms with E-state index in [-0.39, 0.29) is 29.7 Å². The predicted octanol–water partition coefficient (Wildman–Crippen LogP) is 0.571. The molecule has 0 aliphatic carbocycles. The number of rotatable bonds is 7. The maximum atomic E-state index is 12.8. The van der Waals surface area contributed by atoms with Crippen molar-refractivity contribution in [1.29, 1.82) is 0 Å². The zero-order chi connectivity index (χ0) is 19.5. The second-order valence-corrected chi connectivity index (χ2v) is 8.89. The fourth-order valence-corrected chi connectivity index (χ4v) is 5.30. The molecule has 1 atom stereocenters. The molecule has 0 spiro atoms. The molecule has 2 heterocycles. The van der Waals surface area contributed by atoms with E-state index >= 15 is 0 Å². The van der Waals surface area contributed by atoms with Gasteiger partial charge in [-0.05, 0) is 30.7 Å². The molecule has 9 heteroatoms. The van der Waals surface area contributed by atoms with Gasteiger partial charge in [0.25, 0.3) is 5.56 Å². The van der Waals surface area contributed by atoms with E-state index in [0.29, 0.717) is 31.4 Å². The Morgan fingerprint density at radius 3 is 2.46 bits per heavy atom. The van der Waals surface area contributed by atoms with Crippen LogP contribution in [0, 0.1) is 5.92 Å². The summed E-state index contributed by atoms with van der Waals surface area (Å²) in [6.45, 7) is 7.95. The second-order valence-electron chi connectivity index (χ2n) is 6.85. The number of carbonyl (C=O) groups is 1. The first-order valence-electron chi connectivity index (χ1n) is 9.09. The van der Waals surface area contributed by atoms with Crippen molar-refractivity contribution in [3.05, 3.63) is 27.2 Å². The molecular weight excluding hydrogens is 356 g/mol. The van der Waals surface area contributed by atoms with E-state index in [4.69, 9.17) is 0 Å². The Morgan fingerprint density at radius 2 is 1.96 bits per heavy atom. The van der Waals surface area contributed by atoms with Crippen molar-refractivity contribution < 1.29 is 13.2 Å². The van der Waals surface area contributed by atoms with Gasteiger partial charge in [-0.3, -0.25) is 9.59 Å². The summed E-state index contributed by atoms with van der Waals surface area (Å²) in [6, 6.07) is -0.765. The van der Waals surface area contributed by atoms with Crippen LogP contribution in [0.3, 0.4) is 0 Å². The maximum absolute atomic E-state index is 12.8. The molecule has 1 aromatic heterocycles. The van der Waals surface area contributed by atoms with Crippen LogP contribution in [0.5, 0.6) is 0 Å². The second kappa shape index (κ2) is 8.30. The van der Waals surface area contributed by atoms with Gasteiger partial charge in [0.05, 0.1) is 11.4 Å². The minimum atomic E-state index is -3.40. The first-order chi connectivity index (χ1) is 12.2. The number of amides is 1. The third-order valence-electron chi connectivity index (χ3n) is 4.76. The van der Waals surface area contributed by atoms with Gasteiger partial charge in [-0.15, -0.1) is 0 Å². The highest BCUT2D eigenvalue weighted by molar-refractivity contribution is 7.89. The first-order valence-corrected chi connectivity index (χ1v) is 10.7. The van der Waals surface area contributed by atoms with Crippen molar-refractivity contribution in [2.75, 3.05) is 12.3 Å². The van der Waals surface area contributed by atoms with Crippen LogP contribution in [0.4, 0.5) is 0 Å². The molecule has 0 aromatic carbocycles. The van der Waals surface area contributed by atoms with Gasteiger partial charge in [-0.1, -0.05) is 27.7 Å². The summed E-state index contributed by atoms with van der Waals surface area (Å²) >= 11 is 0. The SMILES string of the molecule is CCc1n[nH]c(=O)c(CNC(=O)[C@@H](C(C)C)N2CCCS2(=O)=O)c1CC. The highest BCUT2D eigenvalue weighted by Crippen LogP contribution is 2.22. The van der Waals surface area contributed by atoms with Crippen molar-refractivity contribution in [2.24, 2.45) is 5.92 Å². The maximum Gasteiger partial charge on any atom is 0.269 e. The van der Waals surface area contributed by atoms with E-state index in [1.165, 1.54) is 4.31 Å². The summed E-state index contributed by atoms with van der Waals surface area (Å²) in [7, 11) is -3.40. The van der Waals surface area contributed by atoms with Crippen LogP contribution >= 0.6 is 0 Å². The van der Waals surface area contributed by atoms with Crippen LogP contribution in [-0.4, -0.2) is 47.2 Å². The first kappa shape index (κ1) is 20.6. The van der Waals surface area contributed by atoms with Gasteiger partial charge in [0.1, 0.15) is 6.04 Å². The highest BCUT2D eigenvalue weighted by atomic mass is 32.2. The highest BCUT2D eigenvalue weighted by Gasteiger charge is 2.39. The largest absolute Gasteiger partial charge is 0.350 e. The molecular formula is C17H28N4O4S. The lowest BCUT2D eigenvalue weighted by Gasteiger charge is -2.28. The van der Waals surface area contributed by atoms with Gasteiger partial charge in [-0.2, -0.15) is 9.40 Å². The number of carbonyl (C=O) groups excluding carboxylic acids is 1. The molecule has 1 aliphatic rings. The molecule has 1 saturated heterocycles. The molecule has 0 saturated carbocycles. The van der Waals surface area contributed by atoms with Crippen molar-refractivity contribution in [3.63, 3.8) is 0 Å². The molecule has 8 nitrogen and oxygen atoms in total. The molecule has 0 radical (unpaired) electrons. The number of aromatic amines is 1. The van der Waals surface area contributed by atoms with E-state index in [0.717, 1.165) is 11.3 Å². The van der Waals surface area contributed by atoms with Crippen molar-refractivity contribution in [2.45, 2.75) is 59.5 Å². The zero-order valence-electron chi connectivity index (χ0n) is 15.8. The number of H-pyrrole nitrogens is 1. The number of aromatic nitrogens is 2. The third kappa shape index (κ3) is 4.15. The Hall–Kier alpha value is -1.74. The number of sulfonamides is 1. The lowest BCUT2D eigenvalue weighted by Crippen LogP contribution is -2.50. The van der Waals surface area contributed by atoms with Crippen molar-refractivity contribution in [1.82, 2.24) is 19.8 Å². The summed E-state index contributed by atoms with van der Waals surface area (Å²) in [5, 5.41) is 9.31. The molecule has 1 fully saturated rings. The van der Waals surface area contributed by atoms with E-state index in [2.05, 4.69) is 15.5 Å². The fraction of sp³-hybridized carbons (Fsp3) is 0.706. The molecule has 26 heavy (non-hydrogen) atoms. The third-order valence-corrected chi connectivity index (χ3v) is 6.68. The number of hydrogen-bond acceptors (Lipinski definition) is 5. The lowest BCUT2D eigenvalue weighted by atomic mass is 10.0. The Kier molecular flexibility index (Phi) is 6.57. The average molecular weight is 385 g/mol. The van der Waals surface area contributed by atoms with Crippen molar-refractivity contribution in [3.8, 4) is 0 Å². The molecule has 2 rings (SSSR count). The standard InChI is InChI=1S/C17H28N4O4S/c1-5-12-13(16(22)20-19-14(12)6-2)10-18-17(23)15(11(3)4)21-8-7-9-26(21,24)25/h11,15H,5-10H2,1-4H3,(H,18,23)(H,20,22)/t15-/m1/s1. The molecule has 1 aromatic rings. The molecule has 1 aliphatic heterocycles. The lowest BCUT2D eigenvalue weighted by molar-refractivity contribution is -0.126. The van der Waals surface area contributed by atoms with E-state index < -0.39 is 16.1 Å².